The van der Waals surface area contributed by atoms with Gasteiger partial charge >= 0.3 is 0 Å². The first-order valence-corrected chi connectivity index (χ1v) is 14.5. The van der Waals surface area contributed by atoms with Gasteiger partial charge in [-0.25, -0.2) is 12.8 Å². The van der Waals surface area contributed by atoms with E-state index in [0.717, 1.165) is 20.4 Å². The summed E-state index contributed by atoms with van der Waals surface area (Å²) in [5.41, 5.74) is 0.712. The Bertz CT molecular complexity index is 1580. The van der Waals surface area contributed by atoms with Crippen LogP contribution in [0.5, 0.6) is 11.5 Å². The minimum Gasteiger partial charge on any atom is -0.493 e. The zero-order chi connectivity index (χ0) is 28.0. The summed E-state index contributed by atoms with van der Waals surface area (Å²) in [6, 6.07) is 25.7. The van der Waals surface area contributed by atoms with Gasteiger partial charge in [0.15, 0.2) is 11.5 Å². The van der Waals surface area contributed by atoms with E-state index in [-0.39, 0.29) is 34.9 Å². The quantitative estimate of drug-likeness (QED) is 0.246. The topological polar surface area (TPSA) is 84.9 Å². The molecule has 0 saturated heterocycles. The molecule has 0 atom stereocenters. The predicted molar refractivity (Wildman–Crippen MR) is 152 cm³/mol. The number of hydrogen-bond acceptors (Lipinski definition) is 6. The van der Waals surface area contributed by atoms with Crippen molar-refractivity contribution in [2.24, 2.45) is 0 Å². The van der Waals surface area contributed by atoms with Gasteiger partial charge in [0, 0.05) is 21.4 Å². The van der Waals surface area contributed by atoms with Gasteiger partial charge in [-0.3, -0.25) is 9.10 Å². The number of anilines is 2. The zero-order valence-electron chi connectivity index (χ0n) is 21.6. The van der Waals surface area contributed by atoms with Gasteiger partial charge in [-0.15, -0.1) is 0 Å². The molecule has 0 unspecified atom stereocenters. The normalized spacial score (nSPS) is 11.1. The van der Waals surface area contributed by atoms with Crippen molar-refractivity contribution in [2.75, 3.05) is 30.1 Å². The summed E-state index contributed by atoms with van der Waals surface area (Å²) in [6.07, 6.45) is 0.998. The van der Waals surface area contributed by atoms with Crippen LogP contribution in [0.25, 0.3) is 0 Å². The van der Waals surface area contributed by atoms with E-state index in [2.05, 4.69) is 5.32 Å². The standard InChI is InChI=1S/C29H27FN2O5S2/c1-36-26-17-22(29(33)31-24-15-9-10-16-28(24)38-21-12-5-4-6-13-21)25(18-27(26)37-2)32(39(3,34)35)19-20-11-7-8-14-23(20)30/h4-18H,19H2,1-3H3,(H,31,33). The smallest absolute Gasteiger partial charge is 0.257 e. The van der Waals surface area contributed by atoms with E-state index in [4.69, 9.17) is 9.47 Å². The largest absolute Gasteiger partial charge is 0.493 e. The SMILES string of the molecule is COc1cc(C(=O)Nc2ccccc2Sc2ccccc2)c(N(Cc2ccccc2F)S(C)(=O)=O)cc1OC. The van der Waals surface area contributed by atoms with Gasteiger partial charge in [-0.1, -0.05) is 60.3 Å². The van der Waals surface area contributed by atoms with Crippen molar-refractivity contribution in [1.29, 1.82) is 0 Å². The number of carbonyl (C=O) groups is 1. The molecule has 0 heterocycles. The Morgan fingerprint density at radius 1 is 0.897 bits per heavy atom. The molecular weight excluding hydrogens is 539 g/mol. The molecule has 0 aromatic heterocycles. The first kappa shape index (κ1) is 28.0. The summed E-state index contributed by atoms with van der Waals surface area (Å²) in [6.45, 7) is -0.332. The van der Waals surface area contributed by atoms with Crippen LogP contribution in [-0.4, -0.2) is 34.8 Å². The van der Waals surface area contributed by atoms with E-state index in [1.54, 1.807) is 18.2 Å². The molecule has 0 spiro atoms. The molecule has 39 heavy (non-hydrogen) atoms. The fourth-order valence-corrected chi connectivity index (χ4v) is 5.69. The lowest BCUT2D eigenvalue weighted by Gasteiger charge is -2.26. The number of halogens is 1. The number of nitrogens with one attached hydrogen (secondary N) is 1. The van der Waals surface area contributed by atoms with E-state index in [0.29, 0.717) is 5.69 Å². The second-order valence-electron chi connectivity index (χ2n) is 8.45. The van der Waals surface area contributed by atoms with Crippen molar-refractivity contribution in [3.8, 4) is 11.5 Å². The number of nitrogens with zero attached hydrogens (tertiary/aromatic N) is 1. The number of para-hydroxylation sites is 1. The van der Waals surface area contributed by atoms with Crippen LogP contribution in [0.4, 0.5) is 15.8 Å². The number of methoxy groups -OCH3 is 2. The Kier molecular flexibility index (Phi) is 8.78. The second-order valence-corrected chi connectivity index (χ2v) is 11.5. The maximum atomic E-state index is 14.5. The Labute approximate surface area is 231 Å². The third-order valence-corrected chi connectivity index (χ3v) is 8.00. The Morgan fingerprint density at radius 3 is 2.18 bits per heavy atom. The summed E-state index contributed by atoms with van der Waals surface area (Å²) in [7, 11) is -1.15. The number of amides is 1. The van der Waals surface area contributed by atoms with Crippen molar-refractivity contribution in [3.63, 3.8) is 0 Å². The summed E-state index contributed by atoms with van der Waals surface area (Å²) >= 11 is 1.48. The van der Waals surface area contributed by atoms with Crippen molar-refractivity contribution >= 4 is 39.1 Å². The average molecular weight is 567 g/mol. The summed E-state index contributed by atoms with van der Waals surface area (Å²) < 4.78 is 52.3. The highest BCUT2D eigenvalue weighted by Crippen LogP contribution is 2.38. The van der Waals surface area contributed by atoms with E-state index < -0.39 is 21.7 Å². The van der Waals surface area contributed by atoms with Gasteiger partial charge < -0.3 is 14.8 Å². The van der Waals surface area contributed by atoms with Gasteiger partial charge in [-0.2, -0.15) is 0 Å². The molecule has 202 valence electrons. The van der Waals surface area contributed by atoms with Gasteiger partial charge in [0.25, 0.3) is 5.91 Å². The molecule has 7 nitrogen and oxygen atoms in total. The van der Waals surface area contributed by atoms with Crippen LogP contribution in [0.2, 0.25) is 0 Å². The number of carbonyl (C=O) groups excluding carboxylic acids is 1. The molecule has 4 rings (SSSR count). The first-order chi connectivity index (χ1) is 18.7. The molecule has 0 saturated carbocycles. The monoisotopic (exact) mass is 566 g/mol. The predicted octanol–water partition coefficient (Wildman–Crippen LogP) is 6.21. The molecule has 0 aliphatic carbocycles. The lowest BCUT2D eigenvalue weighted by Crippen LogP contribution is -2.32. The molecule has 0 aliphatic heterocycles. The molecule has 1 amide bonds. The molecule has 4 aromatic rings. The van der Waals surface area contributed by atoms with Crippen molar-refractivity contribution in [1.82, 2.24) is 0 Å². The Balaban J connectivity index is 1.78. The van der Waals surface area contributed by atoms with Crippen molar-refractivity contribution < 1.29 is 27.1 Å². The van der Waals surface area contributed by atoms with E-state index >= 15 is 0 Å². The van der Waals surface area contributed by atoms with Gasteiger partial charge in [0.2, 0.25) is 10.0 Å². The number of rotatable bonds is 10. The van der Waals surface area contributed by atoms with E-state index in [9.17, 15) is 17.6 Å². The molecule has 10 heteroatoms. The minimum absolute atomic E-state index is 0.00827. The number of benzene rings is 4. The molecular formula is C29H27FN2O5S2. The van der Waals surface area contributed by atoms with Crippen LogP contribution in [0.3, 0.4) is 0 Å². The Hall–Kier alpha value is -4.02. The fraction of sp³-hybridized carbons (Fsp3) is 0.138. The maximum Gasteiger partial charge on any atom is 0.257 e. The van der Waals surface area contributed by atoms with Crippen molar-refractivity contribution in [2.45, 2.75) is 16.3 Å². The van der Waals surface area contributed by atoms with Crippen LogP contribution >= 0.6 is 11.8 Å². The lowest BCUT2D eigenvalue weighted by atomic mass is 10.1. The molecule has 0 bridgehead atoms. The summed E-state index contributed by atoms with van der Waals surface area (Å²) in [5, 5.41) is 2.91. The average Bonchev–Trinajstić information content (AvgIpc) is 2.93. The van der Waals surface area contributed by atoms with Crippen LogP contribution < -0.4 is 19.1 Å². The second kappa shape index (κ2) is 12.2. The summed E-state index contributed by atoms with van der Waals surface area (Å²) in [5.74, 6) is -0.692. The van der Waals surface area contributed by atoms with Gasteiger partial charge in [-0.05, 0) is 36.4 Å². The molecule has 0 fully saturated rings. The molecule has 4 aromatic carbocycles. The van der Waals surface area contributed by atoms with Gasteiger partial charge in [0.05, 0.1) is 44.0 Å². The zero-order valence-corrected chi connectivity index (χ0v) is 23.2. The number of hydrogen-bond donors (Lipinski definition) is 1. The number of sulfonamides is 1. The van der Waals surface area contributed by atoms with Crippen LogP contribution in [0.15, 0.2) is 101 Å². The molecule has 0 aliphatic rings. The van der Waals surface area contributed by atoms with Crippen LogP contribution in [0, 0.1) is 5.82 Å². The fourth-order valence-electron chi connectivity index (χ4n) is 3.88. The molecule has 0 radical (unpaired) electrons. The third kappa shape index (κ3) is 6.71. The first-order valence-electron chi connectivity index (χ1n) is 11.8. The number of ether oxygens (including phenoxy) is 2. The van der Waals surface area contributed by atoms with E-state index in [1.807, 2.05) is 42.5 Å². The van der Waals surface area contributed by atoms with Crippen molar-refractivity contribution in [3.05, 3.63) is 108 Å². The molecule has 1 N–H and O–H groups in total. The van der Waals surface area contributed by atoms with Crippen LogP contribution in [-0.2, 0) is 16.6 Å². The highest BCUT2D eigenvalue weighted by atomic mass is 32.2. The summed E-state index contributed by atoms with van der Waals surface area (Å²) in [4.78, 5) is 15.5. The Morgan fingerprint density at radius 2 is 1.51 bits per heavy atom. The van der Waals surface area contributed by atoms with Gasteiger partial charge in [0.1, 0.15) is 5.82 Å². The van der Waals surface area contributed by atoms with Crippen LogP contribution in [0.1, 0.15) is 15.9 Å². The maximum absolute atomic E-state index is 14.5. The highest BCUT2D eigenvalue weighted by molar-refractivity contribution is 7.99. The highest BCUT2D eigenvalue weighted by Gasteiger charge is 2.27. The minimum atomic E-state index is -3.97. The third-order valence-electron chi connectivity index (χ3n) is 5.79. The van der Waals surface area contributed by atoms with E-state index in [1.165, 1.54) is 56.3 Å². The lowest BCUT2D eigenvalue weighted by molar-refractivity contribution is 0.102.